The van der Waals surface area contributed by atoms with Crippen molar-refractivity contribution in [2.45, 2.75) is 19.8 Å². The standard InChI is InChI=1S/C24H24Cl2N2O6/c1-4-33-23(30)21(24(31)34-5-2)20(17-11-6-14(25)12-19(17)26)18(13-27)22(29)28-15-7-9-16(32-3)10-8-15/h6-12,18,20-21H,4-5H2,1-3H3,(H,28,29). The Morgan fingerprint density at radius 3 is 2.06 bits per heavy atom. The summed E-state index contributed by atoms with van der Waals surface area (Å²) in [4.78, 5) is 39.0. The number of hydrogen-bond donors (Lipinski definition) is 1. The smallest absolute Gasteiger partial charge is 0.321 e. The molecule has 0 fully saturated rings. The second-order valence-corrected chi connectivity index (χ2v) is 7.84. The van der Waals surface area contributed by atoms with Crippen molar-refractivity contribution in [3.63, 3.8) is 0 Å². The van der Waals surface area contributed by atoms with Crippen LogP contribution in [0.5, 0.6) is 5.75 Å². The van der Waals surface area contributed by atoms with Gasteiger partial charge < -0.3 is 19.5 Å². The Kier molecular flexibility index (Phi) is 10.2. The van der Waals surface area contributed by atoms with Crippen molar-refractivity contribution in [1.82, 2.24) is 0 Å². The van der Waals surface area contributed by atoms with Gasteiger partial charge in [-0.15, -0.1) is 0 Å². The molecule has 2 rings (SSSR count). The van der Waals surface area contributed by atoms with E-state index < -0.39 is 35.6 Å². The van der Waals surface area contributed by atoms with E-state index in [1.807, 2.05) is 6.07 Å². The van der Waals surface area contributed by atoms with Crippen LogP contribution in [0.25, 0.3) is 0 Å². The van der Waals surface area contributed by atoms with Crippen LogP contribution in [-0.4, -0.2) is 38.2 Å². The number of nitrogens with one attached hydrogen (secondary N) is 1. The van der Waals surface area contributed by atoms with Crippen LogP contribution in [0.4, 0.5) is 5.69 Å². The lowest BCUT2D eigenvalue weighted by atomic mass is 9.76. The molecule has 0 radical (unpaired) electrons. The van der Waals surface area contributed by atoms with E-state index in [0.717, 1.165) is 0 Å². The Balaban J connectivity index is 2.58. The summed E-state index contributed by atoms with van der Waals surface area (Å²) in [5.41, 5.74) is 0.587. The molecule has 2 aromatic carbocycles. The van der Waals surface area contributed by atoms with Gasteiger partial charge in [0.05, 0.1) is 26.4 Å². The summed E-state index contributed by atoms with van der Waals surface area (Å²) in [6, 6.07) is 12.7. The van der Waals surface area contributed by atoms with Crippen molar-refractivity contribution in [3.8, 4) is 11.8 Å². The molecular formula is C24H24Cl2N2O6. The highest BCUT2D eigenvalue weighted by Gasteiger charge is 2.46. The van der Waals surface area contributed by atoms with E-state index in [1.165, 1.54) is 25.3 Å². The zero-order valence-electron chi connectivity index (χ0n) is 18.8. The van der Waals surface area contributed by atoms with Crippen molar-refractivity contribution in [3.05, 3.63) is 58.1 Å². The minimum atomic E-state index is -1.62. The van der Waals surface area contributed by atoms with Gasteiger partial charge in [0.25, 0.3) is 0 Å². The van der Waals surface area contributed by atoms with Gasteiger partial charge in [-0.2, -0.15) is 5.26 Å². The molecule has 2 aromatic rings. The summed E-state index contributed by atoms with van der Waals surface area (Å²) in [6.07, 6.45) is 0. The maximum Gasteiger partial charge on any atom is 0.321 e. The number of nitrogens with zero attached hydrogens (tertiary/aromatic N) is 1. The van der Waals surface area contributed by atoms with Crippen LogP contribution in [0.2, 0.25) is 10.0 Å². The number of methoxy groups -OCH3 is 1. The lowest BCUT2D eigenvalue weighted by Gasteiger charge is -2.28. The van der Waals surface area contributed by atoms with Crippen LogP contribution < -0.4 is 10.1 Å². The third-order valence-electron chi connectivity index (χ3n) is 4.90. The molecule has 0 saturated carbocycles. The number of ether oxygens (including phenoxy) is 3. The number of rotatable bonds is 10. The molecule has 0 aromatic heterocycles. The summed E-state index contributed by atoms with van der Waals surface area (Å²) >= 11 is 12.4. The predicted molar refractivity (Wildman–Crippen MR) is 127 cm³/mol. The van der Waals surface area contributed by atoms with Gasteiger partial charge in [-0.25, -0.2) is 0 Å². The molecule has 8 nitrogen and oxygen atoms in total. The van der Waals surface area contributed by atoms with E-state index in [9.17, 15) is 19.6 Å². The van der Waals surface area contributed by atoms with Crippen LogP contribution >= 0.6 is 23.2 Å². The zero-order chi connectivity index (χ0) is 25.3. The summed E-state index contributed by atoms with van der Waals surface area (Å²) in [7, 11) is 1.50. The van der Waals surface area contributed by atoms with Gasteiger partial charge in [0.2, 0.25) is 5.91 Å². The van der Waals surface area contributed by atoms with E-state index >= 15 is 0 Å². The van der Waals surface area contributed by atoms with Gasteiger partial charge in [-0.3, -0.25) is 14.4 Å². The second-order valence-electron chi connectivity index (χ2n) is 7.00. The minimum absolute atomic E-state index is 0.0227. The molecule has 2 unspecified atom stereocenters. The van der Waals surface area contributed by atoms with Gasteiger partial charge in [0.1, 0.15) is 11.7 Å². The minimum Gasteiger partial charge on any atom is -0.497 e. The Bertz CT molecular complexity index is 1050. The van der Waals surface area contributed by atoms with E-state index in [1.54, 1.807) is 38.1 Å². The molecule has 0 aliphatic heterocycles. The third-order valence-corrected chi connectivity index (χ3v) is 5.46. The first kappa shape index (κ1) is 27.0. The Labute approximate surface area is 207 Å². The maximum absolute atomic E-state index is 13.2. The van der Waals surface area contributed by atoms with Crippen molar-refractivity contribution < 1.29 is 28.6 Å². The Hall–Kier alpha value is -3.28. The largest absolute Gasteiger partial charge is 0.497 e. The molecule has 1 amide bonds. The molecule has 1 N–H and O–H groups in total. The average Bonchev–Trinajstić information content (AvgIpc) is 2.80. The normalized spacial score (nSPS) is 12.3. The first-order valence-electron chi connectivity index (χ1n) is 10.4. The van der Waals surface area contributed by atoms with Crippen molar-refractivity contribution in [2.24, 2.45) is 11.8 Å². The number of amides is 1. The quantitative estimate of drug-likeness (QED) is 0.369. The molecule has 180 valence electrons. The summed E-state index contributed by atoms with van der Waals surface area (Å²) < 4.78 is 15.3. The van der Waals surface area contributed by atoms with Gasteiger partial charge in [-0.1, -0.05) is 29.3 Å². The van der Waals surface area contributed by atoms with Crippen molar-refractivity contribution >= 4 is 46.7 Å². The lowest BCUT2D eigenvalue weighted by molar-refractivity contribution is -0.163. The van der Waals surface area contributed by atoms with Crippen molar-refractivity contribution in [2.75, 3.05) is 25.6 Å². The highest BCUT2D eigenvalue weighted by Crippen LogP contribution is 2.39. The molecule has 0 heterocycles. The molecule has 10 heteroatoms. The molecule has 0 spiro atoms. The highest BCUT2D eigenvalue weighted by atomic mass is 35.5. The van der Waals surface area contributed by atoms with E-state index in [0.29, 0.717) is 16.5 Å². The number of nitriles is 1. The number of hydrogen-bond acceptors (Lipinski definition) is 7. The van der Waals surface area contributed by atoms with Crippen molar-refractivity contribution in [1.29, 1.82) is 5.26 Å². The summed E-state index contributed by atoms with van der Waals surface area (Å²) in [5, 5.41) is 13.0. The Morgan fingerprint density at radius 1 is 1.00 bits per heavy atom. The van der Waals surface area contributed by atoms with Gasteiger partial charge in [-0.05, 0) is 55.8 Å². The average molecular weight is 507 g/mol. The van der Waals surface area contributed by atoms with Crippen LogP contribution in [0.15, 0.2) is 42.5 Å². The first-order chi connectivity index (χ1) is 16.3. The van der Waals surface area contributed by atoms with E-state index in [2.05, 4.69) is 5.32 Å². The van der Waals surface area contributed by atoms with Crippen LogP contribution in [-0.2, 0) is 23.9 Å². The number of benzene rings is 2. The Morgan fingerprint density at radius 2 is 1.59 bits per heavy atom. The summed E-state index contributed by atoms with van der Waals surface area (Å²) in [5.74, 6) is -6.49. The number of carbonyl (C=O) groups excluding carboxylic acids is 3. The van der Waals surface area contributed by atoms with E-state index in [4.69, 9.17) is 37.4 Å². The molecular weight excluding hydrogens is 483 g/mol. The molecule has 0 saturated heterocycles. The SMILES string of the molecule is CCOC(=O)C(C(=O)OCC)C(c1ccc(Cl)cc1Cl)C(C#N)C(=O)Nc1ccc(OC)cc1. The molecule has 0 aliphatic carbocycles. The topological polar surface area (TPSA) is 115 Å². The fraction of sp³-hybridized carbons (Fsp3) is 0.333. The fourth-order valence-corrected chi connectivity index (χ4v) is 3.91. The van der Waals surface area contributed by atoms with Gasteiger partial charge in [0.15, 0.2) is 5.92 Å². The molecule has 0 bridgehead atoms. The number of halogens is 2. The zero-order valence-corrected chi connectivity index (χ0v) is 20.4. The second kappa shape index (κ2) is 12.8. The maximum atomic E-state index is 13.2. The lowest BCUT2D eigenvalue weighted by Crippen LogP contribution is -2.40. The van der Waals surface area contributed by atoms with Gasteiger partial charge >= 0.3 is 11.9 Å². The number of esters is 2. The summed E-state index contributed by atoms with van der Waals surface area (Å²) in [6.45, 7) is 3.10. The molecule has 0 aliphatic rings. The fourth-order valence-electron chi connectivity index (χ4n) is 3.37. The van der Waals surface area contributed by atoms with Gasteiger partial charge in [0, 0.05) is 21.7 Å². The monoisotopic (exact) mass is 506 g/mol. The van der Waals surface area contributed by atoms with Crippen LogP contribution in [0, 0.1) is 23.2 Å². The number of carbonyl (C=O) groups is 3. The predicted octanol–water partition coefficient (Wildman–Crippen LogP) is 4.61. The van der Waals surface area contributed by atoms with E-state index in [-0.39, 0.29) is 23.8 Å². The first-order valence-corrected chi connectivity index (χ1v) is 11.2. The third kappa shape index (κ3) is 6.62. The highest BCUT2D eigenvalue weighted by molar-refractivity contribution is 6.35. The van der Waals surface area contributed by atoms with Crippen LogP contribution in [0.1, 0.15) is 25.3 Å². The molecule has 34 heavy (non-hydrogen) atoms. The van der Waals surface area contributed by atoms with Crippen LogP contribution in [0.3, 0.4) is 0 Å². The molecule has 2 atom stereocenters. The number of anilines is 1.